The van der Waals surface area contributed by atoms with Gasteiger partial charge < -0.3 is 15.7 Å². The summed E-state index contributed by atoms with van der Waals surface area (Å²) in [5.41, 5.74) is 0.808. The van der Waals surface area contributed by atoms with Crippen molar-refractivity contribution in [2.45, 2.75) is 38.8 Å². The molecule has 0 amide bonds. The standard InChI is InChI=1S/C17H26FN3OS/c1-4-19-16(20-10-17(22)7-8-23-11-17)21-13(3)14-6-5-12(2)15(18)9-14/h5-6,9,13,22H,4,7-8,10-11H2,1-3H3,(H2,19,20,21). The number of hydrogen-bond donors (Lipinski definition) is 3. The molecule has 4 nitrogen and oxygen atoms in total. The molecule has 0 saturated carbocycles. The van der Waals surface area contributed by atoms with E-state index in [1.807, 2.05) is 19.9 Å². The summed E-state index contributed by atoms with van der Waals surface area (Å²) in [6.07, 6.45) is 0.777. The third-order valence-corrected chi connectivity index (χ3v) is 5.24. The maximum atomic E-state index is 13.7. The number of guanidine groups is 1. The Labute approximate surface area is 142 Å². The van der Waals surface area contributed by atoms with Crippen molar-refractivity contribution in [3.8, 4) is 0 Å². The molecule has 3 N–H and O–H groups in total. The Kier molecular flexibility index (Phi) is 6.30. The maximum Gasteiger partial charge on any atom is 0.191 e. The van der Waals surface area contributed by atoms with Crippen LogP contribution in [0.15, 0.2) is 23.2 Å². The summed E-state index contributed by atoms with van der Waals surface area (Å²) in [5.74, 6) is 2.16. The van der Waals surface area contributed by atoms with Crippen molar-refractivity contribution in [2.75, 3.05) is 24.6 Å². The van der Waals surface area contributed by atoms with Crippen LogP contribution >= 0.6 is 11.8 Å². The van der Waals surface area contributed by atoms with Gasteiger partial charge in [-0.1, -0.05) is 12.1 Å². The fourth-order valence-electron chi connectivity index (χ4n) is 2.43. The lowest BCUT2D eigenvalue weighted by Crippen LogP contribution is -2.41. The lowest BCUT2D eigenvalue weighted by molar-refractivity contribution is 0.0778. The number of aryl methyl sites for hydroxylation is 1. The van der Waals surface area contributed by atoms with Crippen LogP contribution in [-0.4, -0.2) is 41.3 Å². The Hall–Kier alpha value is -1.27. The van der Waals surface area contributed by atoms with Gasteiger partial charge in [0.1, 0.15) is 5.82 Å². The minimum absolute atomic E-state index is 0.0736. The first-order valence-electron chi connectivity index (χ1n) is 8.04. The van der Waals surface area contributed by atoms with E-state index in [0.717, 1.165) is 30.0 Å². The predicted octanol–water partition coefficient (Wildman–Crippen LogP) is 2.62. The number of hydrogen-bond acceptors (Lipinski definition) is 3. The normalized spacial score (nSPS) is 22.9. The van der Waals surface area contributed by atoms with Gasteiger partial charge in [0.05, 0.1) is 18.2 Å². The molecule has 0 aromatic heterocycles. The first-order valence-corrected chi connectivity index (χ1v) is 9.20. The second kappa shape index (κ2) is 8.02. The van der Waals surface area contributed by atoms with E-state index in [4.69, 9.17) is 0 Å². The van der Waals surface area contributed by atoms with Crippen LogP contribution in [0.5, 0.6) is 0 Å². The van der Waals surface area contributed by atoms with Gasteiger partial charge in [-0.2, -0.15) is 11.8 Å². The van der Waals surface area contributed by atoms with Crippen LogP contribution in [0.25, 0.3) is 0 Å². The second-order valence-corrected chi connectivity index (χ2v) is 7.20. The minimum Gasteiger partial charge on any atom is -0.387 e. The summed E-state index contributed by atoms with van der Waals surface area (Å²) >= 11 is 1.76. The molecule has 1 saturated heterocycles. The molecule has 1 aromatic carbocycles. The molecule has 1 aromatic rings. The van der Waals surface area contributed by atoms with Crippen molar-refractivity contribution < 1.29 is 9.50 Å². The van der Waals surface area contributed by atoms with Gasteiger partial charge >= 0.3 is 0 Å². The molecule has 0 bridgehead atoms. The molecule has 0 radical (unpaired) electrons. The Balaban J connectivity index is 2.03. The summed E-state index contributed by atoms with van der Waals surface area (Å²) < 4.78 is 13.7. The van der Waals surface area contributed by atoms with E-state index in [1.54, 1.807) is 30.8 Å². The molecule has 0 aliphatic carbocycles. The third kappa shape index (κ3) is 5.11. The molecular weight excluding hydrogens is 313 g/mol. The predicted molar refractivity (Wildman–Crippen MR) is 95.6 cm³/mol. The number of nitrogens with one attached hydrogen (secondary N) is 2. The van der Waals surface area contributed by atoms with E-state index in [0.29, 0.717) is 18.1 Å². The number of rotatable bonds is 5. The summed E-state index contributed by atoms with van der Waals surface area (Å²) in [6.45, 7) is 6.83. The number of halogens is 1. The lowest BCUT2D eigenvalue weighted by Gasteiger charge is -2.22. The Morgan fingerprint density at radius 3 is 2.91 bits per heavy atom. The lowest BCUT2D eigenvalue weighted by atomic mass is 10.0. The molecule has 23 heavy (non-hydrogen) atoms. The minimum atomic E-state index is -0.702. The molecule has 1 fully saturated rings. The Bertz CT molecular complexity index is 559. The first kappa shape index (κ1) is 18.1. The number of aliphatic imine (C=N–C) groups is 1. The smallest absolute Gasteiger partial charge is 0.191 e. The summed E-state index contributed by atoms with van der Waals surface area (Å²) in [5, 5.41) is 16.8. The highest BCUT2D eigenvalue weighted by Crippen LogP contribution is 2.27. The Morgan fingerprint density at radius 1 is 1.52 bits per heavy atom. The van der Waals surface area contributed by atoms with E-state index in [1.165, 1.54) is 0 Å². The topological polar surface area (TPSA) is 56.7 Å². The van der Waals surface area contributed by atoms with E-state index in [9.17, 15) is 9.50 Å². The number of nitrogens with zero attached hydrogens (tertiary/aromatic N) is 1. The van der Waals surface area contributed by atoms with Crippen LogP contribution in [0.3, 0.4) is 0 Å². The van der Waals surface area contributed by atoms with Crippen molar-refractivity contribution in [2.24, 2.45) is 4.99 Å². The van der Waals surface area contributed by atoms with Crippen LogP contribution in [0, 0.1) is 12.7 Å². The second-order valence-electron chi connectivity index (χ2n) is 6.10. The third-order valence-electron chi connectivity index (χ3n) is 4.01. The van der Waals surface area contributed by atoms with Gasteiger partial charge in [-0.25, -0.2) is 4.39 Å². The van der Waals surface area contributed by atoms with E-state index < -0.39 is 5.60 Å². The Morgan fingerprint density at radius 2 is 2.30 bits per heavy atom. The summed E-state index contributed by atoms with van der Waals surface area (Å²) in [4.78, 5) is 4.51. The zero-order valence-electron chi connectivity index (χ0n) is 14.0. The molecule has 1 aliphatic rings. The van der Waals surface area contributed by atoms with Crippen LogP contribution in [0.1, 0.15) is 37.4 Å². The monoisotopic (exact) mass is 339 g/mol. The summed E-state index contributed by atoms with van der Waals surface area (Å²) in [6, 6.07) is 5.18. The quantitative estimate of drug-likeness (QED) is 0.570. The zero-order chi connectivity index (χ0) is 16.9. The van der Waals surface area contributed by atoms with Crippen LogP contribution in [0.2, 0.25) is 0 Å². The van der Waals surface area contributed by atoms with Crippen LogP contribution in [0.4, 0.5) is 4.39 Å². The molecule has 1 aliphatic heterocycles. The molecule has 0 spiro atoms. The number of aliphatic hydroxyl groups is 1. The van der Waals surface area contributed by atoms with E-state index in [2.05, 4.69) is 15.6 Å². The van der Waals surface area contributed by atoms with Crippen molar-refractivity contribution in [1.29, 1.82) is 0 Å². The molecule has 2 atom stereocenters. The molecule has 1 heterocycles. The van der Waals surface area contributed by atoms with E-state index in [-0.39, 0.29) is 11.9 Å². The van der Waals surface area contributed by atoms with Gasteiger partial charge in [-0.15, -0.1) is 0 Å². The average Bonchev–Trinajstić information content (AvgIpc) is 2.95. The van der Waals surface area contributed by atoms with Crippen molar-refractivity contribution in [1.82, 2.24) is 10.6 Å². The maximum absolute atomic E-state index is 13.7. The number of benzene rings is 1. The zero-order valence-corrected chi connectivity index (χ0v) is 14.8. The van der Waals surface area contributed by atoms with Crippen molar-refractivity contribution in [3.63, 3.8) is 0 Å². The van der Waals surface area contributed by atoms with Crippen LogP contribution < -0.4 is 10.6 Å². The number of thioether (sulfide) groups is 1. The molecule has 2 rings (SSSR count). The average molecular weight is 339 g/mol. The summed E-state index contributed by atoms with van der Waals surface area (Å²) in [7, 11) is 0. The molecule has 128 valence electrons. The fourth-order valence-corrected chi connectivity index (χ4v) is 3.72. The van der Waals surface area contributed by atoms with Crippen molar-refractivity contribution in [3.05, 3.63) is 35.1 Å². The fraction of sp³-hybridized carbons (Fsp3) is 0.588. The van der Waals surface area contributed by atoms with Gasteiger partial charge in [0, 0.05) is 12.3 Å². The molecule has 6 heteroatoms. The highest BCUT2D eigenvalue weighted by Gasteiger charge is 2.31. The molecule has 2 unspecified atom stereocenters. The molecular formula is C17H26FN3OS. The first-order chi connectivity index (χ1) is 10.9. The van der Waals surface area contributed by atoms with Gasteiger partial charge in [0.25, 0.3) is 0 Å². The van der Waals surface area contributed by atoms with Gasteiger partial charge in [0.2, 0.25) is 0 Å². The van der Waals surface area contributed by atoms with Crippen LogP contribution in [-0.2, 0) is 0 Å². The highest BCUT2D eigenvalue weighted by molar-refractivity contribution is 7.99. The van der Waals surface area contributed by atoms with Gasteiger partial charge in [-0.05, 0) is 50.1 Å². The van der Waals surface area contributed by atoms with Gasteiger partial charge in [-0.3, -0.25) is 4.99 Å². The largest absolute Gasteiger partial charge is 0.387 e. The van der Waals surface area contributed by atoms with Crippen molar-refractivity contribution >= 4 is 17.7 Å². The van der Waals surface area contributed by atoms with E-state index >= 15 is 0 Å². The van der Waals surface area contributed by atoms with Gasteiger partial charge in [0.15, 0.2) is 5.96 Å². The SMILES string of the molecule is CCNC(=NCC1(O)CCSC1)NC(C)c1ccc(C)c(F)c1. The highest BCUT2D eigenvalue weighted by atomic mass is 32.2.